The third kappa shape index (κ3) is 6.05. The van der Waals surface area contributed by atoms with Crippen molar-refractivity contribution >= 4 is 40.4 Å². The topological polar surface area (TPSA) is 112 Å². The second-order valence-electron chi connectivity index (χ2n) is 10.6. The van der Waals surface area contributed by atoms with Crippen LogP contribution in [0.3, 0.4) is 0 Å². The van der Waals surface area contributed by atoms with Gasteiger partial charge in [-0.25, -0.2) is 0 Å². The summed E-state index contributed by atoms with van der Waals surface area (Å²) in [6.07, 6.45) is 12.3. The van der Waals surface area contributed by atoms with Crippen LogP contribution in [-0.2, 0) is 4.79 Å². The average molecular weight is 535 g/mol. The maximum Gasteiger partial charge on any atom is 0.303 e. The molecule has 208 valence electrons. The summed E-state index contributed by atoms with van der Waals surface area (Å²) in [5, 5.41) is 9.59. The Morgan fingerprint density at radius 1 is 0.564 bits per heavy atom. The summed E-state index contributed by atoms with van der Waals surface area (Å²) in [5.41, 5.74) is 1.25. The molecule has 0 atom stereocenters. The summed E-state index contributed by atoms with van der Waals surface area (Å²) in [6.45, 7) is 2.68. The quantitative estimate of drug-likeness (QED) is 0.202. The third-order valence-corrected chi connectivity index (χ3v) is 7.82. The first-order valence-electron chi connectivity index (χ1n) is 14.4. The lowest BCUT2D eigenvalue weighted by Crippen LogP contribution is -2.43. The maximum atomic E-state index is 13.4. The molecular formula is C31H38N2O6. The molecule has 39 heavy (non-hydrogen) atoms. The highest BCUT2D eigenvalue weighted by atomic mass is 16.4. The predicted octanol–water partition coefficient (Wildman–Crippen LogP) is 6.21. The molecule has 4 rings (SSSR count). The number of rotatable bonds is 16. The van der Waals surface area contributed by atoms with Crippen LogP contribution in [0.25, 0.3) is 10.8 Å². The molecule has 2 aliphatic heterocycles. The molecule has 0 aliphatic carbocycles. The van der Waals surface area contributed by atoms with Crippen LogP contribution < -0.4 is 0 Å². The van der Waals surface area contributed by atoms with Crippen molar-refractivity contribution in [3.8, 4) is 0 Å². The van der Waals surface area contributed by atoms with Gasteiger partial charge in [-0.3, -0.25) is 33.8 Å². The number of carbonyl (C=O) groups is 5. The molecule has 0 spiro atoms. The predicted molar refractivity (Wildman–Crippen MR) is 148 cm³/mol. The fourth-order valence-electron chi connectivity index (χ4n) is 5.68. The first-order valence-corrected chi connectivity index (χ1v) is 14.4. The molecule has 2 heterocycles. The van der Waals surface area contributed by atoms with Gasteiger partial charge in [-0.15, -0.1) is 0 Å². The van der Waals surface area contributed by atoms with Gasteiger partial charge in [0.05, 0.1) is 0 Å². The Morgan fingerprint density at radius 2 is 0.897 bits per heavy atom. The standard InChI is InChI=1S/C31H38N2O6/c1-2-3-4-5-6-7-8-9-10-12-19-32-28(36)21-15-17-23-27-24(18-16-22(26(21)27)29(32)37)31(39)33(30(23)38)20-13-11-14-25(34)35/h15-18H,2-14,19-20H2,1H3,(H,34,35). The third-order valence-electron chi connectivity index (χ3n) is 7.82. The summed E-state index contributed by atoms with van der Waals surface area (Å²) in [5.74, 6) is -2.67. The van der Waals surface area contributed by atoms with Crippen molar-refractivity contribution in [2.75, 3.05) is 13.1 Å². The molecule has 0 saturated carbocycles. The Morgan fingerprint density at radius 3 is 1.26 bits per heavy atom. The summed E-state index contributed by atoms with van der Waals surface area (Å²) in [6, 6.07) is 6.30. The number of benzene rings is 2. The van der Waals surface area contributed by atoms with E-state index in [1.807, 2.05) is 0 Å². The number of hydrogen-bond acceptors (Lipinski definition) is 5. The van der Waals surface area contributed by atoms with E-state index < -0.39 is 17.8 Å². The van der Waals surface area contributed by atoms with Gasteiger partial charge in [0.1, 0.15) is 0 Å². The molecule has 0 aromatic heterocycles. The Labute approximate surface area is 229 Å². The SMILES string of the molecule is CCCCCCCCCCCCN1C(=O)c2ccc3c4c(ccc(c24)C1=O)C(=O)N(CCCCC(=O)O)C3=O. The molecule has 1 N–H and O–H groups in total. The second-order valence-corrected chi connectivity index (χ2v) is 10.6. The van der Waals surface area contributed by atoms with Crippen LogP contribution in [0, 0.1) is 0 Å². The molecule has 2 aliphatic rings. The molecule has 8 heteroatoms. The number of unbranched alkanes of at least 4 members (excludes halogenated alkanes) is 10. The molecule has 2 aromatic carbocycles. The summed E-state index contributed by atoms with van der Waals surface area (Å²) >= 11 is 0. The minimum atomic E-state index is -0.924. The number of carbonyl (C=O) groups excluding carboxylic acids is 4. The van der Waals surface area contributed by atoms with Crippen molar-refractivity contribution in [1.29, 1.82) is 0 Å². The van der Waals surface area contributed by atoms with Gasteiger partial charge in [0.15, 0.2) is 0 Å². The van der Waals surface area contributed by atoms with Crippen LogP contribution in [0.4, 0.5) is 0 Å². The van der Waals surface area contributed by atoms with Crippen molar-refractivity contribution < 1.29 is 29.1 Å². The molecule has 0 fully saturated rings. The van der Waals surface area contributed by atoms with E-state index in [-0.39, 0.29) is 35.9 Å². The van der Waals surface area contributed by atoms with Crippen LogP contribution in [0.2, 0.25) is 0 Å². The van der Waals surface area contributed by atoms with Crippen LogP contribution in [0.5, 0.6) is 0 Å². The van der Waals surface area contributed by atoms with Gasteiger partial charge in [0, 0.05) is 52.5 Å². The molecule has 0 unspecified atom stereocenters. The molecule has 0 saturated heterocycles. The van der Waals surface area contributed by atoms with Crippen LogP contribution in [-0.4, -0.2) is 57.6 Å². The minimum absolute atomic E-state index is 0.0328. The summed E-state index contributed by atoms with van der Waals surface area (Å²) in [4.78, 5) is 66.4. The highest BCUT2D eigenvalue weighted by Gasteiger charge is 2.39. The molecular weight excluding hydrogens is 496 g/mol. The zero-order valence-electron chi connectivity index (χ0n) is 22.8. The Hall–Kier alpha value is -3.55. The number of amides is 4. The second kappa shape index (κ2) is 13.0. The molecule has 2 aromatic rings. The van der Waals surface area contributed by atoms with Gasteiger partial charge in [0.25, 0.3) is 23.6 Å². The number of nitrogens with zero attached hydrogens (tertiary/aromatic N) is 2. The van der Waals surface area contributed by atoms with Crippen LogP contribution in [0.15, 0.2) is 24.3 Å². The lowest BCUT2D eigenvalue weighted by Gasteiger charge is -2.32. The van der Waals surface area contributed by atoms with Crippen molar-refractivity contribution in [1.82, 2.24) is 9.80 Å². The number of aliphatic carboxylic acids is 1. The van der Waals surface area contributed by atoms with E-state index >= 15 is 0 Å². The van der Waals surface area contributed by atoms with Gasteiger partial charge in [-0.05, 0) is 43.5 Å². The highest BCUT2D eigenvalue weighted by molar-refractivity contribution is 6.33. The van der Waals surface area contributed by atoms with Crippen molar-refractivity contribution in [3.63, 3.8) is 0 Å². The number of carboxylic acid groups (broad SMARTS) is 1. The van der Waals surface area contributed by atoms with Crippen molar-refractivity contribution in [3.05, 3.63) is 46.5 Å². The van der Waals surface area contributed by atoms with Crippen LogP contribution in [0.1, 0.15) is 132 Å². The van der Waals surface area contributed by atoms with Crippen LogP contribution >= 0.6 is 0 Å². The Kier molecular flexibility index (Phi) is 9.49. The first-order chi connectivity index (χ1) is 18.9. The maximum absolute atomic E-state index is 13.4. The number of imide groups is 2. The monoisotopic (exact) mass is 534 g/mol. The lowest BCUT2D eigenvalue weighted by molar-refractivity contribution is -0.137. The number of carboxylic acids is 1. The molecule has 0 radical (unpaired) electrons. The molecule has 8 nitrogen and oxygen atoms in total. The van der Waals surface area contributed by atoms with Gasteiger partial charge in [-0.2, -0.15) is 0 Å². The van der Waals surface area contributed by atoms with Gasteiger partial charge in [0.2, 0.25) is 0 Å². The van der Waals surface area contributed by atoms with Gasteiger partial charge in [-0.1, -0.05) is 64.7 Å². The Bertz CT molecular complexity index is 1210. The highest BCUT2D eigenvalue weighted by Crippen LogP contribution is 2.38. The zero-order chi connectivity index (χ0) is 27.9. The summed E-state index contributed by atoms with van der Waals surface area (Å²) in [7, 11) is 0. The van der Waals surface area contributed by atoms with Gasteiger partial charge >= 0.3 is 5.97 Å². The normalized spacial score (nSPS) is 14.6. The Balaban J connectivity index is 1.42. The first kappa shape index (κ1) is 28.5. The van der Waals surface area contributed by atoms with Crippen molar-refractivity contribution in [2.24, 2.45) is 0 Å². The van der Waals surface area contributed by atoms with E-state index in [1.54, 1.807) is 24.3 Å². The van der Waals surface area contributed by atoms with E-state index in [9.17, 15) is 24.0 Å². The number of hydrogen-bond donors (Lipinski definition) is 1. The van der Waals surface area contributed by atoms with E-state index in [0.29, 0.717) is 41.3 Å². The average Bonchev–Trinajstić information content (AvgIpc) is 2.92. The minimum Gasteiger partial charge on any atom is -0.481 e. The smallest absolute Gasteiger partial charge is 0.303 e. The van der Waals surface area contributed by atoms with Gasteiger partial charge < -0.3 is 5.11 Å². The summed E-state index contributed by atoms with van der Waals surface area (Å²) < 4.78 is 0. The van der Waals surface area contributed by atoms with E-state index in [2.05, 4.69) is 6.92 Å². The fraction of sp³-hybridized carbons (Fsp3) is 0.516. The van der Waals surface area contributed by atoms with Crippen molar-refractivity contribution in [2.45, 2.75) is 90.4 Å². The van der Waals surface area contributed by atoms with E-state index in [1.165, 1.54) is 49.8 Å². The lowest BCUT2D eigenvalue weighted by atomic mass is 9.86. The van der Waals surface area contributed by atoms with E-state index in [4.69, 9.17) is 5.11 Å². The fourth-order valence-corrected chi connectivity index (χ4v) is 5.68. The molecule has 0 bridgehead atoms. The molecule has 4 amide bonds. The largest absolute Gasteiger partial charge is 0.481 e. The zero-order valence-corrected chi connectivity index (χ0v) is 22.8. The van der Waals surface area contributed by atoms with E-state index in [0.717, 1.165) is 24.2 Å².